The summed E-state index contributed by atoms with van der Waals surface area (Å²) >= 11 is 1.26. The van der Waals surface area contributed by atoms with Crippen LogP contribution in [0, 0.1) is 6.92 Å². The Morgan fingerprint density at radius 1 is 1.44 bits per heavy atom. The summed E-state index contributed by atoms with van der Waals surface area (Å²) in [6.07, 6.45) is 1.59. The van der Waals surface area contributed by atoms with Crippen LogP contribution in [0.4, 0.5) is 0 Å². The Bertz CT molecular complexity index is 554. The maximum Gasteiger partial charge on any atom is 0.347 e. The van der Waals surface area contributed by atoms with Crippen molar-refractivity contribution in [3.8, 4) is 0 Å². The van der Waals surface area contributed by atoms with Gasteiger partial charge in [-0.1, -0.05) is 25.2 Å². The molecule has 0 aliphatic heterocycles. The first kappa shape index (κ1) is 11.1. The highest BCUT2D eigenvalue weighted by molar-refractivity contribution is 7.19. The normalized spacial score (nSPS) is 11.2. The molecule has 0 unspecified atom stereocenters. The molecule has 0 spiro atoms. The molecule has 0 saturated carbocycles. The number of carboxylic acid groups (broad SMARTS) is 1. The number of carboxylic acids is 1. The molecule has 4 nitrogen and oxygen atoms in total. The van der Waals surface area contributed by atoms with Gasteiger partial charge in [-0.05, 0) is 19.8 Å². The standard InChI is InChI=1S/C11H14N2O2S/c1-4-7-6(3)13-8(5-2)9(10(14)15)16-11(13)12-7/h4-5H2,1-3H3,(H,14,15). The summed E-state index contributed by atoms with van der Waals surface area (Å²) in [4.78, 5) is 16.8. The Kier molecular flexibility index (Phi) is 2.71. The van der Waals surface area contributed by atoms with Gasteiger partial charge in [0.2, 0.25) is 0 Å². The van der Waals surface area contributed by atoms with E-state index in [2.05, 4.69) is 11.9 Å². The average molecular weight is 238 g/mol. The van der Waals surface area contributed by atoms with Crippen molar-refractivity contribution < 1.29 is 9.90 Å². The van der Waals surface area contributed by atoms with E-state index < -0.39 is 5.97 Å². The van der Waals surface area contributed by atoms with E-state index in [1.807, 2.05) is 18.2 Å². The number of hydrogen-bond acceptors (Lipinski definition) is 3. The third kappa shape index (κ3) is 1.43. The van der Waals surface area contributed by atoms with Crippen molar-refractivity contribution in [2.45, 2.75) is 33.6 Å². The van der Waals surface area contributed by atoms with Crippen LogP contribution in [0.2, 0.25) is 0 Å². The smallest absolute Gasteiger partial charge is 0.347 e. The fourth-order valence-electron chi connectivity index (χ4n) is 1.98. The number of hydrogen-bond donors (Lipinski definition) is 1. The van der Waals surface area contributed by atoms with E-state index >= 15 is 0 Å². The summed E-state index contributed by atoms with van der Waals surface area (Å²) in [7, 11) is 0. The average Bonchev–Trinajstić information content (AvgIpc) is 2.75. The SMILES string of the molecule is CCc1nc2sc(C(=O)O)c(CC)n2c1C. The molecular formula is C11H14N2O2S. The van der Waals surface area contributed by atoms with Crippen LogP contribution in [-0.4, -0.2) is 20.5 Å². The van der Waals surface area contributed by atoms with Gasteiger partial charge >= 0.3 is 5.97 Å². The molecule has 0 atom stereocenters. The molecule has 0 saturated heterocycles. The van der Waals surface area contributed by atoms with Crippen LogP contribution in [0.25, 0.3) is 4.96 Å². The van der Waals surface area contributed by atoms with E-state index in [9.17, 15) is 4.79 Å². The van der Waals surface area contributed by atoms with E-state index in [1.165, 1.54) is 11.3 Å². The molecule has 2 heterocycles. The third-order valence-corrected chi connectivity index (χ3v) is 3.84. The molecule has 2 aromatic rings. The van der Waals surface area contributed by atoms with Gasteiger partial charge in [-0.25, -0.2) is 9.78 Å². The molecule has 0 aromatic carbocycles. The van der Waals surface area contributed by atoms with Crippen molar-refractivity contribution in [2.75, 3.05) is 0 Å². The highest BCUT2D eigenvalue weighted by Gasteiger charge is 2.20. The topological polar surface area (TPSA) is 54.6 Å². The molecule has 16 heavy (non-hydrogen) atoms. The van der Waals surface area contributed by atoms with E-state index in [0.717, 1.165) is 28.5 Å². The molecule has 86 valence electrons. The number of aryl methyl sites for hydroxylation is 3. The van der Waals surface area contributed by atoms with Crippen LogP contribution in [-0.2, 0) is 12.8 Å². The van der Waals surface area contributed by atoms with Gasteiger partial charge in [-0.15, -0.1) is 0 Å². The minimum Gasteiger partial charge on any atom is -0.477 e. The largest absolute Gasteiger partial charge is 0.477 e. The van der Waals surface area contributed by atoms with E-state index in [1.54, 1.807) is 0 Å². The molecule has 0 fully saturated rings. The monoisotopic (exact) mass is 238 g/mol. The molecule has 2 rings (SSSR count). The van der Waals surface area contributed by atoms with Crippen LogP contribution < -0.4 is 0 Å². The lowest BCUT2D eigenvalue weighted by Crippen LogP contribution is -2.01. The molecular weight excluding hydrogens is 224 g/mol. The van der Waals surface area contributed by atoms with Crippen LogP contribution in [0.15, 0.2) is 0 Å². The molecule has 1 N–H and O–H groups in total. The predicted molar refractivity (Wildman–Crippen MR) is 63.5 cm³/mol. The molecule has 0 radical (unpaired) electrons. The van der Waals surface area contributed by atoms with Crippen LogP contribution in [0.3, 0.4) is 0 Å². The maximum absolute atomic E-state index is 11.1. The van der Waals surface area contributed by atoms with Crippen molar-refractivity contribution in [3.63, 3.8) is 0 Å². The Labute approximate surface area is 97.6 Å². The second-order valence-corrected chi connectivity index (χ2v) is 4.63. The third-order valence-electron chi connectivity index (χ3n) is 2.76. The first-order chi connectivity index (χ1) is 7.60. The Balaban J connectivity index is 2.77. The van der Waals surface area contributed by atoms with Crippen molar-refractivity contribution in [3.05, 3.63) is 22.0 Å². The number of thiazole rings is 1. The van der Waals surface area contributed by atoms with Gasteiger partial charge in [0.1, 0.15) is 4.88 Å². The summed E-state index contributed by atoms with van der Waals surface area (Å²) in [6, 6.07) is 0. The highest BCUT2D eigenvalue weighted by atomic mass is 32.1. The summed E-state index contributed by atoms with van der Waals surface area (Å²) < 4.78 is 1.98. The van der Waals surface area contributed by atoms with Gasteiger partial charge in [-0.2, -0.15) is 0 Å². The second kappa shape index (κ2) is 3.90. The quantitative estimate of drug-likeness (QED) is 0.894. The Morgan fingerprint density at radius 2 is 2.12 bits per heavy atom. The van der Waals surface area contributed by atoms with E-state index in [0.29, 0.717) is 11.3 Å². The Hall–Kier alpha value is -1.36. The minimum atomic E-state index is -0.857. The number of imidazole rings is 1. The van der Waals surface area contributed by atoms with Crippen molar-refractivity contribution >= 4 is 22.3 Å². The van der Waals surface area contributed by atoms with E-state index in [4.69, 9.17) is 5.11 Å². The lowest BCUT2D eigenvalue weighted by atomic mass is 10.2. The summed E-state index contributed by atoms with van der Waals surface area (Å²) in [5.41, 5.74) is 2.98. The molecule has 0 aliphatic carbocycles. The van der Waals surface area contributed by atoms with Gasteiger partial charge in [0, 0.05) is 11.4 Å². The first-order valence-electron chi connectivity index (χ1n) is 5.33. The fourth-order valence-corrected chi connectivity index (χ4v) is 3.10. The zero-order chi connectivity index (χ0) is 11.9. The van der Waals surface area contributed by atoms with Crippen LogP contribution >= 0.6 is 11.3 Å². The Morgan fingerprint density at radius 3 is 2.62 bits per heavy atom. The molecule has 5 heteroatoms. The number of carbonyl (C=O) groups is 1. The predicted octanol–water partition coefficient (Wildman–Crippen LogP) is 2.53. The van der Waals surface area contributed by atoms with Crippen molar-refractivity contribution in [1.82, 2.24) is 9.38 Å². The molecule has 0 aliphatic rings. The van der Waals surface area contributed by atoms with Gasteiger partial charge in [0.15, 0.2) is 4.96 Å². The maximum atomic E-state index is 11.1. The van der Waals surface area contributed by atoms with Crippen molar-refractivity contribution in [1.29, 1.82) is 0 Å². The van der Waals surface area contributed by atoms with Crippen LogP contribution in [0.5, 0.6) is 0 Å². The number of fused-ring (bicyclic) bond motifs is 1. The summed E-state index contributed by atoms with van der Waals surface area (Å²) in [5, 5.41) is 9.10. The summed E-state index contributed by atoms with van der Waals surface area (Å²) in [6.45, 7) is 6.03. The van der Waals surface area contributed by atoms with Gasteiger partial charge in [0.25, 0.3) is 0 Å². The fraction of sp³-hybridized carbons (Fsp3) is 0.455. The van der Waals surface area contributed by atoms with Gasteiger partial charge in [-0.3, -0.25) is 4.40 Å². The van der Waals surface area contributed by atoms with Gasteiger partial charge < -0.3 is 5.11 Å². The lowest BCUT2D eigenvalue weighted by molar-refractivity contribution is 0.0700. The zero-order valence-electron chi connectivity index (χ0n) is 9.57. The van der Waals surface area contributed by atoms with Crippen LogP contribution in [0.1, 0.15) is 40.6 Å². The van der Waals surface area contributed by atoms with E-state index in [-0.39, 0.29) is 0 Å². The highest BCUT2D eigenvalue weighted by Crippen LogP contribution is 2.26. The summed E-state index contributed by atoms with van der Waals surface area (Å²) in [5.74, 6) is -0.857. The number of aromatic nitrogens is 2. The van der Waals surface area contributed by atoms with Gasteiger partial charge in [0.05, 0.1) is 5.69 Å². The molecule has 0 bridgehead atoms. The number of aromatic carboxylic acids is 1. The lowest BCUT2D eigenvalue weighted by Gasteiger charge is -2.00. The van der Waals surface area contributed by atoms with Crippen molar-refractivity contribution in [2.24, 2.45) is 0 Å². The minimum absolute atomic E-state index is 0.413. The number of nitrogens with zero attached hydrogens (tertiary/aromatic N) is 2. The number of rotatable bonds is 3. The molecule has 2 aromatic heterocycles. The zero-order valence-corrected chi connectivity index (χ0v) is 10.4. The first-order valence-corrected chi connectivity index (χ1v) is 6.14. The molecule has 0 amide bonds. The second-order valence-electron chi connectivity index (χ2n) is 3.65.